The van der Waals surface area contributed by atoms with E-state index in [4.69, 9.17) is 14.2 Å². The van der Waals surface area contributed by atoms with E-state index in [1.807, 2.05) is 30.3 Å². The quantitative estimate of drug-likeness (QED) is 0.380. The van der Waals surface area contributed by atoms with Gasteiger partial charge in [0.1, 0.15) is 29.3 Å². The Balaban J connectivity index is 1.26. The number of rotatable bonds is 5. The van der Waals surface area contributed by atoms with Gasteiger partial charge in [-0.1, -0.05) is 30.4 Å². The normalized spacial score (nSPS) is 28.6. The third kappa shape index (κ3) is 7.90. The number of anilines is 1. The number of nitrogens with zero attached hydrogens (tertiary/aromatic N) is 2. The summed E-state index contributed by atoms with van der Waals surface area (Å²) in [6.45, 7) is 5.31. The smallest absolute Gasteiger partial charge is 0.414 e. The van der Waals surface area contributed by atoms with Crippen LogP contribution >= 0.6 is 0 Å². The van der Waals surface area contributed by atoms with Crippen LogP contribution in [0.3, 0.4) is 0 Å². The molecule has 0 bridgehead atoms. The van der Waals surface area contributed by atoms with Crippen molar-refractivity contribution in [2.24, 2.45) is 5.92 Å². The molecule has 6 rings (SSSR count). The van der Waals surface area contributed by atoms with Gasteiger partial charge in [0.2, 0.25) is 21.8 Å². The predicted molar refractivity (Wildman–Crippen MR) is 179 cm³/mol. The van der Waals surface area contributed by atoms with Crippen LogP contribution in [0.25, 0.3) is 0 Å². The van der Waals surface area contributed by atoms with E-state index in [0.717, 1.165) is 11.3 Å². The van der Waals surface area contributed by atoms with Crippen LogP contribution in [-0.4, -0.2) is 104 Å². The molecule has 3 aliphatic heterocycles. The van der Waals surface area contributed by atoms with Crippen molar-refractivity contribution in [2.45, 2.75) is 100 Å². The van der Waals surface area contributed by atoms with Crippen molar-refractivity contribution < 1.29 is 46.6 Å². The zero-order chi connectivity index (χ0) is 35.8. The van der Waals surface area contributed by atoms with Crippen LogP contribution in [0.2, 0.25) is 0 Å². The van der Waals surface area contributed by atoms with Gasteiger partial charge in [-0.3, -0.25) is 24.0 Å². The molecule has 3 N–H and O–H groups in total. The molecule has 5 unspecified atom stereocenters. The van der Waals surface area contributed by atoms with Crippen LogP contribution in [-0.2, 0) is 45.0 Å². The average Bonchev–Trinajstić information content (AvgIpc) is 3.93. The number of ether oxygens (including phenoxy) is 3. The van der Waals surface area contributed by atoms with E-state index in [1.54, 1.807) is 26.8 Å². The molecule has 1 aromatic rings. The lowest BCUT2D eigenvalue weighted by atomic mass is 10.1. The fourth-order valence-electron chi connectivity index (χ4n) is 6.67. The molecule has 2 saturated carbocycles. The van der Waals surface area contributed by atoms with E-state index >= 15 is 0 Å². The second kappa shape index (κ2) is 13.9. The first kappa shape index (κ1) is 35.6. The number of hydrogen-bond donors (Lipinski definition) is 3. The molecule has 15 nitrogen and oxygen atoms in total. The first-order chi connectivity index (χ1) is 23.7. The van der Waals surface area contributed by atoms with Crippen molar-refractivity contribution in [1.82, 2.24) is 20.3 Å². The van der Waals surface area contributed by atoms with Crippen LogP contribution in [0.15, 0.2) is 36.4 Å². The summed E-state index contributed by atoms with van der Waals surface area (Å²) in [4.78, 5) is 70.9. The van der Waals surface area contributed by atoms with Crippen molar-refractivity contribution in [3.05, 3.63) is 42.0 Å². The first-order valence-corrected chi connectivity index (χ1v) is 18.7. The van der Waals surface area contributed by atoms with Gasteiger partial charge in [0, 0.05) is 25.5 Å². The summed E-state index contributed by atoms with van der Waals surface area (Å²) in [5, 5.41) is 4.71. The molecular weight excluding hydrogens is 670 g/mol. The molecular formula is C34H45N5O10S. The fourth-order valence-corrected chi connectivity index (χ4v) is 8.03. The Bertz CT molecular complexity index is 1670. The Morgan fingerprint density at radius 3 is 2.62 bits per heavy atom. The number of amides is 5. The SMILES string of the molecule is CC(C)(C)OC(=O)NC1COCCCC=CC2CC2(C(=O)NS(=O)(=O)C2CC2)NC(=O)C2CC(OC(=O)N3CCc4ccccc43)CN2C1=O. The number of hydrogen-bond acceptors (Lipinski definition) is 10. The molecule has 16 heteroatoms. The average molecular weight is 716 g/mol. The van der Waals surface area contributed by atoms with Crippen molar-refractivity contribution >= 4 is 45.6 Å². The maximum absolute atomic E-state index is 14.2. The van der Waals surface area contributed by atoms with Gasteiger partial charge in [0.05, 0.1) is 24.1 Å². The Kier molecular flexibility index (Phi) is 9.87. The van der Waals surface area contributed by atoms with Crippen molar-refractivity contribution in [1.29, 1.82) is 0 Å². The number of para-hydroxylation sites is 1. The number of carbonyl (C=O) groups excluding carboxylic acids is 5. The van der Waals surface area contributed by atoms with E-state index in [1.165, 1.54) is 9.80 Å². The Morgan fingerprint density at radius 1 is 1.12 bits per heavy atom. The second-order valence-corrected chi connectivity index (χ2v) is 16.5. The standard InChI is InChI=1S/C34H45N5O10S/c1-33(2,3)49-31(43)35-25-20-47-16-8-4-5-10-22-18-34(22,30(42)37-50(45,46)24-12-13-24)36-28(40)27-17-23(19-39(27)29(25)41)48-32(44)38-15-14-21-9-6-7-11-26(21)38/h5-7,9-11,22-25,27H,4,8,12-20H2,1-3H3,(H,35,43)(H,36,40)(H,37,42). The first-order valence-electron chi connectivity index (χ1n) is 17.2. The van der Waals surface area contributed by atoms with Gasteiger partial charge in [-0.05, 0) is 70.9 Å². The second-order valence-electron chi connectivity index (χ2n) is 14.6. The zero-order valence-electron chi connectivity index (χ0n) is 28.5. The van der Waals surface area contributed by atoms with Crippen LogP contribution in [0.5, 0.6) is 0 Å². The summed E-state index contributed by atoms with van der Waals surface area (Å²) in [5.41, 5.74) is -0.690. The lowest BCUT2D eigenvalue weighted by Gasteiger charge is -2.30. The summed E-state index contributed by atoms with van der Waals surface area (Å²) < 4.78 is 44.7. The highest BCUT2D eigenvalue weighted by Crippen LogP contribution is 2.46. The number of sulfonamides is 1. The largest absolute Gasteiger partial charge is 0.444 e. The fraction of sp³-hybridized carbons (Fsp3) is 0.618. The zero-order valence-corrected chi connectivity index (χ0v) is 29.3. The number of alkyl carbamates (subject to hydrolysis) is 1. The van der Waals surface area contributed by atoms with Gasteiger partial charge >= 0.3 is 12.2 Å². The maximum Gasteiger partial charge on any atom is 0.414 e. The highest BCUT2D eigenvalue weighted by molar-refractivity contribution is 7.91. The maximum atomic E-state index is 14.2. The highest BCUT2D eigenvalue weighted by Gasteiger charge is 2.62. The van der Waals surface area contributed by atoms with Crippen molar-refractivity contribution in [2.75, 3.05) is 31.2 Å². The van der Waals surface area contributed by atoms with E-state index in [9.17, 15) is 32.4 Å². The van der Waals surface area contributed by atoms with Gasteiger partial charge in [0.25, 0.3) is 5.91 Å². The van der Waals surface area contributed by atoms with Crippen molar-refractivity contribution in [3.63, 3.8) is 0 Å². The van der Waals surface area contributed by atoms with Gasteiger partial charge in [-0.25, -0.2) is 18.0 Å². The molecule has 0 radical (unpaired) electrons. The summed E-state index contributed by atoms with van der Waals surface area (Å²) in [5.74, 6) is -2.71. The molecule has 0 spiro atoms. The molecule has 1 saturated heterocycles. The van der Waals surface area contributed by atoms with E-state index in [-0.39, 0.29) is 32.6 Å². The molecule has 3 heterocycles. The summed E-state index contributed by atoms with van der Waals surface area (Å²) in [6.07, 6.45) is 3.97. The highest BCUT2D eigenvalue weighted by atomic mass is 32.2. The minimum absolute atomic E-state index is 0.0998. The summed E-state index contributed by atoms with van der Waals surface area (Å²) in [7, 11) is -3.91. The van der Waals surface area contributed by atoms with E-state index in [0.29, 0.717) is 38.6 Å². The summed E-state index contributed by atoms with van der Waals surface area (Å²) >= 11 is 0. The van der Waals surface area contributed by atoms with E-state index in [2.05, 4.69) is 15.4 Å². The number of carbonyl (C=O) groups is 5. The van der Waals surface area contributed by atoms with E-state index < -0.39 is 80.4 Å². The molecule has 3 fully saturated rings. The Labute approximate surface area is 291 Å². The monoisotopic (exact) mass is 715 g/mol. The number of allylic oxidation sites excluding steroid dienone is 1. The molecule has 2 aliphatic carbocycles. The lowest BCUT2D eigenvalue weighted by molar-refractivity contribution is -0.142. The lowest BCUT2D eigenvalue weighted by Crippen LogP contribution is -2.59. The Morgan fingerprint density at radius 2 is 1.88 bits per heavy atom. The van der Waals surface area contributed by atoms with Gasteiger partial charge in [0.15, 0.2) is 0 Å². The van der Waals surface area contributed by atoms with Gasteiger partial charge < -0.3 is 29.7 Å². The van der Waals surface area contributed by atoms with Crippen LogP contribution < -0.4 is 20.3 Å². The third-order valence-electron chi connectivity index (χ3n) is 9.49. The van der Waals surface area contributed by atoms with Gasteiger partial charge in [-0.2, -0.15) is 0 Å². The molecule has 5 amide bonds. The van der Waals surface area contributed by atoms with Crippen LogP contribution in [0.4, 0.5) is 15.3 Å². The third-order valence-corrected chi connectivity index (χ3v) is 11.3. The molecule has 5 aliphatic rings. The van der Waals surface area contributed by atoms with Gasteiger partial charge in [-0.15, -0.1) is 0 Å². The molecule has 1 aromatic carbocycles. The molecule has 50 heavy (non-hydrogen) atoms. The number of nitrogens with one attached hydrogen (secondary N) is 3. The minimum atomic E-state index is -3.91. The topological polar surface area (TPSA) is 190 Å². The van der Waals surface area contributed by atoms with Crippen LogP contribution in [0.1, 0.15) is 64.9 Å². The van der Waals surface area contributed by atoms with Crippen LogP contribution in [0, 0.1) is 5.92 Å². The number of fused-ring (bicyclic) bond motifs is 3. The molecule has 0 aromatic heterocycles. The number of benzene rings is 1. The molecule has 272 valence electrons. The van der Waals surface area contributed by atoms with Crippen molar-refractivity contribution in [3.8, 4) is 0 Å². The minimum Gasteiger partial charge on any atom is -0.444 e. The summed E-state index contributed by atoms with van der Waals surface area (Å²) in [6, 6.07) is 4.98. The predicted octanol–water partition coefficient (Wildman–Crippen LogP) is 1.90. The Hall–Kier alpha value is -4.18. The molecule has 5 atom stereocenters.